The second kappa shape index (κ2) is 1.92. The van der Waals surface area contributed by atoms with E-state index in [0.29, 0.717) is 0 Å². The molecule has 1 heterocycles. The normalized spacial score (nSPS) is 19.3. The molecule has 1 nitrogen and oxygen atoms in total. The molecule has 0 amide bonds. The maximum atomic E-state index is 3.97. The number of hydrogen-bond donors (Lipinski definition) is 0. The molecule has 0 spiro atoms. The maximum absolute atomic E-state index is 3.97. The Morgan fingerprint density at radius 3 is 2.86 bits per heavy atom. The Kier molecular flexibility index (Phi) is 1.25. The second-order valence-corrected chi connectivity index (χ2v) is 1.85. The lowest BCUT2D eigenvalue weighted by molar-refractivity contribution is 0.994. The SMILES string of the molecule is CC1=CN=CCC1. The Bertz CT molecular complexity index is 111. The average Bonchev–Trinajstić information content (AvgIpc) is 1.69. The van der Waals surface area contributed by atoms with Gasteiger partial charge in [-0.15, -0.1) is 0 Å². The summed E-state index contributed by atoms with van der Waals surface area (Å²) in [4.78, 5) is 3.97. The van der Waals surface area contributed by atoms with E-state index in [4.69, 9.17) is 0 Å². The summed E-state index contributed by atoms with van der Waals surface area (Å²) in [6.45, 7) is 2.11. The fourth-order valence-corrected chi connectivity index (χ4v) is 0.611. The van der Waals surface area contributed by atoms with Crippen LogP contribution in [0.1, 0.15) is 19.8 Å². The van der Waals surface area contributed by atoms with E-state index in [1.807, 2.05) is 12.4 Å². The van der Waals surface area contributed by atoms with Crippen LogP contribution in [0.3, 0.4) is 0 Å². The summed E-state index contributed by atoms with van der Waals surface area (Å²) >= 11 is 0. The van der Waals surface area contributed by atoms with Crippen LogP contribution in [-0.2, 0) is 0 Å². The minimum atomic E-state index is 1.13. The van der Waals surface area contributed by atoms with Gasteiger partial charge in [0.25, 0.3) is 0 Å². The van der Waals surface area contributed by atoms with E-state index in [1.54, 1.807) is 0 Å². The Balaban J connectivity index is 2.57. The number of allylic oxidation sites excluding steroid dienone is 1. The molecule has 0 saturated carbocycles. The lowest BCUT2D eigenvalue weighted by atomic mass is 10.2. The molecule has 0 fully saturated rings. The van der Waals surface area contributed by atoms with Gasteiger partial charge in [0.1, 0.15) is 0 Å². The summed E-state index contributed by atoms with van der Waals surface area (Å²) in [6, 6.07) is 0. The molecule has 0 radical (unpaired) electrons. The van der Waals surface area contributed by atoms with E-state index >= 15 is 0 Å². The standard InChI is InChI=1S/C6H9N/c1-6-3-2-4-7-5-6/h4-5H,2-3H2,1H3. The summed E-state index contributed by atoms with van der Waals surface area (Å²) in [5, 5.41) is 0. The average molecular weight is 95.1 g/mol. The number of hydrogen-bond acceptors (Lipinski definition) is 1. The van der Waals surface area contributed by atoms with Gasteiger partial charge in [-0.1, -0.05) is 5.57 Å². The van der Waals surface area contributed by atoms with Crippen LogP contribution in [0, 0.1) is 0 Å². The van der Waals surface area contributed by atoms with Gasteiger partial charge in [0.05, 0.1) is 0 Å². The minimum Gasteiger partial charge on any atom is -0.269 e. The van der Waals surface area contributed by atoms with E-state index in [2.05, 4.69) is 11.9 Å². The quantitative estimate of drug-likeness (QED) is 0.434. The molecule has 0 N–H and O–H groups in total. The molecule has 0 aliphatic carbocycles. The molecule has 0 bridgehead atoms. The van der Waals surface area contributed by atoms with Crippen LogP contribution >= 0.6 is 0 Å². The van der Waals surface area contributed by atoms with Crippen molar-refractivity contribution in [2.45, 2.75) is 19.8 Å². The van der Waals surface area contributed by atoms with E-state index in [1.165, 1.54) is 12.0 Å². The van der Waals surface area contributed by atoms with E-state index < -0.39 is 0 Å². The summed E-state index contributed by atoms with van der Waals surface area (Å²) in [7, 11) is 0. The molecular weight excluding hydrogens is 86.1 g/mol. The Labute approximate surface area is 43.8 Å². The van der Waals surface area contributed by atoms with Gasteiger partial charge in [-0.25, -0.2) is 0 Å². The lowest BCUT2D eigenvalue weighted by Gasteiger charge is -1.98. The van der Waals surface area contributed by atoms with Crippen LogP contribution < -0.4 is 0 Å². The van der Waals surface area contributed by atoms with Crippen molar-refractivity contribution in [3.63, 3.8) is 0 Å². The maximum Gasteiger partial charge on any atom is 0.0253 e. The number of rotatable bonds is 0. The molecule has 38 valence electrons. The van der Waals surface area contributed by atoms with Gasteiger partial charge in [-0.05, 0) is 19.8 Å². The highest BCUT2D eigenvalue weighted by Crippen LogP contribution is 2.05. The number of aliphatic imine (C=N–C) groups is 1. The molecule has 0 aromatic carbocycles. The van der Waals surface area contributed by atoms with Crippen molar-refractivity contribution in [1.82, 2.24) is 0 Å². The Morgan fingerprint density at radius 2 is 2.57 bits per heavy atom. The van der Waals surface area contributed by atoms with Gasteiger partial charge < -0.3 is 0 Å². The van der Waals surface area contributed by atoms with Crippen molar-refractivity contribution >= 4 is 6.21 Å². The van der Waals surface area contributed by atoms with Crippen molar-refractivity contribution in [3.05, 3.63) is 11.8 Å². The third kappa shape index (κ3) is 1.15. The highest BCUT2D eigenvalue weighted by atomic mass is 14.7. The molecule has 1 rings (SSSR count). The molecule has 0 aromatic heterocycles. The fraction of sp³-hybridized carbons (Fsp3) is 0.500. The molecule has 0 aromatic rings. The molecule has 1 aliphatic heterocycles. The van der Waals surface area contributed by atoms with Gasteiger partial charge in [0.15, 0.2) is 0 Å². The zero-order valence-electron chi connectivity index (χ0n) is 4.52. The van der Waals surface area contributed by atoms with Crippen LogP contribution in [0.25, 0.3) is 0 Å². The van der Waals surface area contributed by atoms with Crippen LogP contribution in [0.5, 0.6) is 0 Å². The summed E-state index contributed by atoms with van der Waals surface area (Å²) in [6.07, 6.45) is 6.20. The van der Waals surface area contributed by atoms with Gasteiger partial charge in [0.2, 0.25) is 0 Å². The molecule has 1 aliphatic rings. The highest BCUT2D eigenvalue weighted by Gasteiger charge is 1.89. The zero-order valence-corrected chi connectivity index (χ0v) is 4.52. The minimum absolute atomic E-state index is 1.13. The van der Waals surface area contributed by atoms with Crippen molar-refractivity contribution in [2.24, 2.45) is 4.99 Å². The summed E-state index contributed by atoms with van der Waals surface area (Å²) in [5.74, 6) is 0. The predicted molar refractivity (Wildman–Crippen MR) is 31.5 cm³/mol. The molecule has 7 heavy (non-hydrogen) atoms. The second-order valence-electron chi connectivity index (χ2n) is 1.85. The largest absolute Gasteiger partial charge is 0.269 e. The third-order valence-corrected chi connectivity index (χ3v) is 1.07. The monoisotopic (exact) mass is 95.1 g/mol. The van der Waals surface area contributed by atoms with Gasteiger partial charge in [-0.3, -0.25) is 4.99 Å². The van der Waals surface area contributed by atoms with E-state index in [0.717, 1.165) is 6.42 Å². The van der Waals surface area contributed by atoms with Crippen molar-refractivity contribution in [1.29, 1.82) is 0 Å². The van der Waals surface area contributed by atoms with Crippen LogP contribution in [-0.4, -0.2) is 6.21 Å². The van der Waals surface area contributed by atoms with Gasteiger partial charge >= 0.3 is 0 Å². The molecule has 1 heteroatoms. The van der Waals surface area contributed by atoms with Crippen molar-refractivity contribution < 1.29 is 0 Å². The molecule has 0 unspecified atom stereocenters. The first kappa shape index (κ1) is 4.57. The summed E-state index contributed by atoms with van der Waals surface area (Å²) < 4.78 is 0. The first-order chi connectivity index (χ1) is 3.39. The van der Waals surface area contributed by atoms with Gasteiger partial charge in [0, 0.05) is 12.4 Å². The van der Waals surface area contributed by atoms with Crippen LogP contribution in [0.15, 0.2) is 16.8 Å². The smallest absolute Gasteiger partial charge is 0.0253 e. The molecule has 0 saturated heterocycles. The van der Waals surface area contributed by atoms with Crippen LogP contribution in [0.4, 0.5) is 0 Å². The summed E-state index contributed by atoms with van der Waals surface area (Å²) in [5.41, 5.74) is 1.39. The third-order valence-electron chi connectivity index (χ3n) is 1.07. The first-order valence-electron chi connectivity index (χ1n) is 2.57. The lowest BCUT2D eigenvalue weighted by Crippen LogP contribution is -1.83. The van der Waals surface area contributed by atoms with E-state index in [-0.39, 0.29) is 0 Å². The molecule has 0 atom stereocenters. The predicted octanol–water partition coefficient (Wildman–Crippen LogP) is 1.75. The zero-order chi connectivity index (χ0) is 5.11. The Hall–Kier alpha value is -0.590. The van der Waals surface area contributed by atoms with Gasteiger partial charge in [-0.2, -0.15) is 0 Å². The van der Waals surface area contributed by atoms with Crippen molar-refractivity contribution in [2.75, 3.05) is 0 Å². The molecular formula is C6H9N. The fourth-order valence-electron chi connectivity index (χ4n) is 0.611. The highest BCUT2D eigenvalue weighted by molar-refractivity contribution is 5.59. The Morgan fingerprint density at radius 1 is 1.71 bits per heavy atom. The first-order valence-corrected chi connectivity index (χ1v) is 2.57. The van der Waals surface area contributed by atoms with E-state index in [9.17, 15) is 0 Å². The van der Waals surface area contributed by atoms with Crippen LogP contribution in [0.2, 0.25) is 0 Å². The topological polar surface area (TPSA) is 12.4 Å². The van der Waals surface area contributed by atoms with Crippen molar-refractivity contribution in [3.8, 4) is 0 Å². The number of nitrogens with zero attached hydrogens (tertiary/aromatic N) is 1.